The largest absolute Gasteiger partial charge is 0.340 e. The van der Waals surface area contributed by atoms with Gasteiger partial charge in [0, 0.05) is 27.7 Å². The molecule has 1 N–H and O–H groups in total. The Morgan fingerprint density at radius 2 is 1.81 bits per heavy atom. The smallest absolute Gasteiger partial charge is 0.162 e. The summed E-state index contributed by atoms with van der Waals surface area (Å²) in [5.41, 5.74) is 1.64. The molecule has 0 saturated carbocycles. The Kier molecular flexibility index (Phi) is 3.70. The zero-order valence-electron chi connectivity index (χ0n) is 7.97. The van der Waals surface area contributed by atoms with Gasteiger partial charge in [0.05, 0.1) is 5.69 Å². The summed E-state index contributed by atoms with van der Waals surface area (Å²) in [6.45, 7) is 0. The van der Waals surface area contributed by atoms with E-state index in [0.29, 0.717) is 26.6 Å². The van der Waals surface area contributed by atoms with Crippen molar-refractivity contribution >= 4 is 47.4 Å². The van der Waals surface area contributed by atoms with Crippen LogP contribution in [0.25, 0.3) is 0 Å². The SMILES string of the molecule is Sc1nc(Cc2c(Cl)cc(Cl)cc2Cl)c[nH]1. The second-order valence-electron chi connectivity index (χ2n) is 3.24. The number of aromatic amines is 1. The van der Waals surface area contributed by atoms with Crippen molar-refractivity contribution in [1.29, 1.82) is 0 Å². The molecule has 0 bridgehead atoms. The summed E-state index contributed by atoms with van der Waals surface area (Å²) >= 11 is 22.0. The van der Waals surface area contributed by atoms with Gasteiger partial charge in [-0.25, -0.2) is 4.98 Å². The van der Waals surface area contributed by atoms with Crippen LogP contribution < -0.4 is 0 Å². The number of rotatable bonds is 2. The number of imidazole rings is 1. The van der Waals surface area contributed by atoms with E-state index in [-0.39, 0.29) is 0 Å². The predicted octanol–water partition coefficient (Wildman–Crippen LogP) is 4.25. The van der Waals surface area contributed by atoms with E-state index in [0.717, 1.165) is 11.3 Å². The fourth-order valence-corrected chi connectivity index (χ4v) is 2.50. The van der Waals surface area contributed by atoms with Gasteiger partial charge in [0.15, 0.2) is 5.16 Å². The number of benzene rings is 1. The number of hydrogen-bond donors (Lipinski definition) is 2. The molecule has 0 unspecified atom stereocenters. The lowest BCUT2D eigenvalue weighted by Crippen LogP contribution is -1.91. The standard InChI is InChI=1S/C10H7Cl3N2S/c11-5-1-8(12)7(9(13)2-5)3-6-4-14-10(16)15-6/h1-2,4H,3H2,(H2,14,15,16). The van der Waals surface area contributed by atoms with Crippen LogP contribution in [-0.4, -0.2) is 9.97 Å². The van der Waals surface area contributed by atoms with E-state index in [4.69, 9.17) is 34.8 Å². The molecule has 2 aromatic rings. The summed E-state index contributed by atoms with van der Waals surface area (Å²) in [6.07, 6.45) is 2.31. The Morgan fingerprint density at radius 1 is 1.19 bits per heavy atom. The fraction of sp³-hybridized carbons (Fsp3) is 0.100. The molecule has 0 spiro atoms. The molecule has 2 nitrogen and oxygen atoms in total. The highest BCUT2D eigenvalue weighted by molar-refractivity contribution is 7.80. The highest BCUT2D eigenvalue weighted by Gasteiger charge is 2.10. The van der Waals surface area contributed by atoms with Crippen molar-refractivity contribution in [2.45, 2.75) is 11.6 Å². The molecular formula is C10H7Cl3N2S. The van der Waals surface area contributed by atoms with Gasteiger partial charge in [-0.1, -0.05) is 34.8 Å². The van der Waals surface area contributed by atoms with Gasteiger partial charge < -0.3 is 4.98 Å². The molecule has 0 aliphatic carbocycles. The molecule has 1 aromatic heterocycles. The van der Waals surface area contributed by atoms with Crippen LogP contribution in [0.1, 0.15) is 11.3 Å². The van der Waals surface area contributed by atoms with Crippen LogP contribution in [0.4, 0.5) is 0 Å². The molecule has 0 aliphatic heterocycles. The maximum absolute atomic E-state index is 6.07. The fourth-order valence-electron chi connectivity index (χ4n) is 1.36. The van der Waals surface area contributed by atoms with Crippen LogP contribution in [0.5, 0.6) is 0 Å². The third-order valence-electron chi connectivity index (χ3n) is 2.08. The molecular weight excluding hydrogens is 287 g/mol. The maximum Gasteiger partial charge on any atom is 0.162 e. The lowest BCUT2D eigenvalue weighted by molar-refractivity contribution is 1.02. The van der Waals surface area contributed by atoms with Gasteiger partial charge in [-0.15, -0.1) is 12.6 Å². The normalized spacial score (nSPS) is 10.8. The first kappa shape index (κ1) is 12.1. The lowest BCUT2D eigenvalue weighted by atomic mass is 10.1. The van der Waals surface area contributed by atoms with Crippen molar-refractivity contribution in [3.63, 3.8) is 0 Å². The third kappa shape index (κ3) is 2.66. The number of nitrogens with one attached hydrogen (secondary N) is 1. The van der Waals surface area contributed by atoms with Crippen LogP contribution in [0.15, 0.2) is 23.5 Å². The van der Waals surface area contributed by atoms with Crippen LogP contribution in [-0.2, 0) is 6.42 Å². The molecule has 0 atom stereocenters. The van der Waals surface area contributed by atoms with Crippen LogP contribution >= 0.6 is 47.4 Å². The van der Waals surface area contributed by atoms with Crippen molar-refractivity contribution in [2.24, 2.45) is 0 Å². The van der Waals surface area contributed by atoms with E-state index in [9.17, 15) is 0 Å². The molecule has 84 valence electrons. The molecule has 1 aromatic carbocycles. The number of H-pyrrole nitrogens is 1. The Bertz CT molecular complexity index is 502. The monoisotopic (exact) mass is 292 g/mol. The van der Waals surface area contributed by atoms with E-state index in [1.54, 1.807) is 18.3 Å². The Balaban J connectivity index is 2.34. The van der Waals surface area contributed by atoms with Gasteiger partial charge in [0.2, 0.25) is 0 Å². The van der Waals surface area contributed by atoms with Crippen molar-refractivity contribution in [3.05, 3.63) is 44.7 Å². The molecule has 6 heteroatoms. The number of halogens is 3. The van der Waals surface area contributed by atoms with E-state index in [2.05, 4.69) is 22.6 Å². The first-order valence-corrected chi connectivity index (χ1v) is 6.01. The summed E-state index contributed by atoms with van der Waals surface area (Å²) < 4.78 is 0. The van der Waals surface area contributed by atoms with Gasteiger partial charge in [-0.2, -0.15) is 0 Å². The third-order valence-corrected chi connectivity index (χ3v) is 3.20. The van der Waals surface area contributed by atoms with Crippen molar-refractivity contribution in [3.8, 4) is 0 Å². The van der Waals surface area contributed by atoms with Crippen LogP contribution in [0.2, 0.25) is 15.1 Å². The topological polar surface area (TPSA) is 28.7 Å². The quantitative estimate of drug-likeness (QED) is 0.796. The van der Waals surface area contributed by atoms with Gasteiger partial charge in [-0.05, 0) is 17.7 Å². The second-order valence-corrected chi connectivity index (χ2v) is 4.91. The molecule has 1 heterocycles. The highest BCUT2D eigenvalue weighted by atomic mass is 35.5. The molecule has 0 radical (unpaired) electrons. The number of nitrogens with zero attached hydrogens (tertiary/aromatic N) is 1. The number of aromatic nitrogens is 2. The zero-order chi connectivity index (χ0) is 11.7. The van der Waals surface area contributed by atoms with Gasteiger partial charge in [0.1, 0.15) is 0 Å². The zero-order valence-corrected chi connectivity index (χ0v) is 11.1. The van der Waals surface area contributed by atoms with Crippen molar-refractivity contribution < 1.29 is 0 Å². The molecule has 0 aliphatic rings. The maximum atomic E-state index is 6.07. The summed E-state index contributed by atoms with van der Waals surface area (Å²) in [6, 6.07) is 3.33. The molecule has 0 fully saturated rings. The van der Waals surface area contributed by atoms with Crippen molar-refractivity contribution in [2.75, 3.05) is 0 Å². The average Bonchev–Trinajstić information content (AvgIpc) is 2.58. The van der Waals surface area contributed by atoms with Crippen LogP contribution in [0.3, 0.4) is 0 Å². The number of hydrogen-bond acceptors (Lipinski definition) is 2. The lowest BCUT2D eigenvalue weighted by Gasteiger charge is -2.05. The molecule has 2 rings (SSSR count). The minimum Gasteiger partial charge on any atom is -0.340 e. The summed E-state index contributed by atoms with van der Waals surface area (Å²) in [7, 11) is 0. The van der Waals surface area contributed by atoms with E-state index in [1.165, 1.54) is 0 Å². The molecule has 0 amide bonds. The van der Waals surface area contributed by atoms with Gasteiger partial charge in [-0.3, -0.25) is 0 Å². The Morgan fingerprint density at radius 3 is 2.31 bits per heavy atom. The minimum absolute atomic E-state index is 0.524. The van der Waals surface area contributed by atoms with Crippen molar-refractivity contribution in [1.82, 2.24) is 9.97 Å². The predicted molar refractivity (Wildman–Crippen MR) is 70.1 cm³/mol. The number of thiol groups is 1. The summed E-state index contributed by atoms with van der Waals surface area (Å²) in [5, 5.41) is 2.18. The van der Waals surface area contributed by atoms with E-state index in [1.807, 2.05) is 0 Å². The molecule has 0 saturated heterocycles. The minimum atomic E-state index is 0.524. The van der Waals surface area contributed by atoms with Gasteiger partial charge in [0.25, 0.3) is 0 Å². The summed E-state index contributed by atoms with van der Waals surface area (Å²) in [5.74, 6) is 0. The van der Waals surface area contributed by atoms with E-state index < -0.39 is 0 Å². The first-order valence-electron chi connectivity index (χ1n) is 4.43. The van der Waals surface area contributed by atoms with Gasteiger partial charge >= 0.3 is 0 Å². The highest BCUT2D eigenvalue weighted by Crippen LogP contribution is 2.30. The van der Waals surface area contributed by atoms with Crippen LogP contribution in [0, 0.1) is 0 Å². The summed E-state index contributed by atoms with van der Waals surface area (Å²) in [4.78, 5) is 7.05. The second kappa shape index (κ2) is 4.88. The van der Waals surface area contributed by atoms with E-state index >= 15 is 0 Å². The molecule has 16 heavy (non-hydrogen) atoms. The Labute approximate surface area is 113 Å². The average molecular weight is 294 g/mol. The first-order chi connectivity index (χ1) is 7.56. The Hall–Kier alpha value is -0.350.